The van der Waals surface area contributed by atoms with E-state index in [2.05, 4.69) is 49.3 Å². The molecule has 1 heterocycles. The van der Waals surface area contributed by atoms with Crippen molar-refractivity contribution >= 4 is 6.91 Å². The van der Waals surface area contributed by atoms with Gasteiger partial charge in [0, 0.05) is 0 Å². The third-order valence-corrected chi connectivity index (χ3v) is 6.53. The van der Waals surface area contributed by atoms with Crippen LogP contribution in [0.5, 0.6) is 0 Å². The van der Waals surface area contributed by atoms with Gasteiger partial charge in [-0.1, -0.05) is 0 Å². The summed E-state index contributed by atoms with van der Waals surface area (Å²) in [6, 6.07) is 13.5. The quantitative estimate of drug-likeness (QED) is 0.584. The van der Waals surface area contributed by atoms with E-state index in [1.807, 2.05) is 0 Å². The van der Waals surface area contributed by atoms with Gasteiger partial charge in [0.05, 0.1) is 0 Å². The first-order valence-corrected chi connectivity index (χ1v) is 10.6. The van der Waals surface area contributed by atoms with Crippen LogP contribution in [0.25, 0.3) is 0 Å². The van der Waals surface area contributed by atoms with Crippen LogP contribution < -0.4 is 0 Å². The Morgan fingerprint density at radius 2 is 1.36 bits per heavy atom. The molecule has 0 atom stereocenters. The van der Waals surface area contributed by atoms with Crippen molar-refractivity contribution in [3.8, 4) is 0 Å². The van der Waals surface area contributed by atoms with E-state index in [1.165, 1.54) is 69.8 Å². The Labute approximate surface area is 154 Å². The zero-order chi connectivity index (χ0) is 16.9. The van der Waals surface area contributed by atoms with Crippen molar-refractivity contribution in [1.82, 2.24) is 0 Å². The Bertz CT molecular complexity index is 664. The average Bonchev–Trinajstić information content (AvgIpc) is 2.70. The summed E-state index contributed by atoms with van der Waals surface area (Å²) in [7, 11) is 0. The molecule has 25 heavy (non-hydrogen) atoms. The van der Waals surface area contributed by atoms with E-state index in [-0.39, 0.29) is 0 Å². The molecule has 2 saturated carbocycles. The van der Waals surface area contributed by atoms with Gasteiger partial charge in [-0.05, 0) is 0 Å². The van der Waals surface area contributed by atoms with Gasteiger partial charge in [0.25, 0.3) is 0 Å². The van der Waals surface area contributed by atoms with Crippen molar-refractivity contribution < 1.29 is 0 Å². The fraction of sp³-hybridized carbons (Fsp3) is 0.542. The van der Waals surface area contributed by atoms with Crippen molar-refractivity contribution in [2.24, 2.45) is 0 Å². The van der Waals surface area contributed by atoms with Crippen molar-refractivity contribution in [3.05, 3.63) is 64.5 Å². The topological polar surface area (TPSA) is 0 Å². The third-order valence-electron chi connectivity index (χ3n) is 6.53. The summed E-state index contributed by atoms with van der Waals surface area (Å²) in [5, 5.41) is 0. The first kappa shape index (κ1) is 17.1. The second kappa shape index (κ2) is 8.34. The fourth-order valence-corrected chi connectivity index (χ4v) is 5.26. The van der Waals surface area contributed by atoms with Crippen LogP contribution in [0, 0.1) is 0 Å². The molecule has 0 aliphatic heterocycles. The van der Waals surface area contributed by atoms with Crippen LogP contribution in [-0.4, -0.2) is 6.91 Å². The Morgan fingerprint density at radius 3 is 2.04 bits per heavy atom. The van der Waals surface area contributed by atoms with Crippen LogP contribution in [0.3, 0.4) is 0 Å². The van der Waals surface area contributed by atoms with Crippen LogP contribution in [0.15, 0.2) is 42.4 Å². The van der Waals surface area contributed by atoms with Crippen LogP contribution >= 0.6 is 0 Å². The molecule has 0 radical (unpaired) electrons. The molecule has 0 unspecified atom stereocenters. The maximum atomic E-state index is 2.48. The van der Waals surface area contributed by atoms with Gasteiger partial charge in [-0.25, -0.2) is 0 Å². The van der Waals surface area contributed by atoms with Crippen molar-refractivity contribution in [3.63, 3.8) is 0 Å². The summed E-state index contributed by atoms with van der Waals surface area (Å²) in [4.78, 5) is 0. The molecule has 2 aliphatic rings. The van der Waals surface area contributed by atoms with Crippen molar-refractivity contribution in [2.75, 3.05) is 0 Å². The molecule has 0 nitrogen and oxygen atoms in total. The normalized spacial score (nSPS) is 19.7. The SMILES string of the molecule is b1ccc(Cc2ccccc2)c(C2CCCCC2)c1C1CCCCC1. The van der Waals surface area contributed by atoms with E-state index in [9.17, 15) is 0 Å². The zero-order valence-electron chi connectivity index (χ0n) is 15.6. The molecule has 1 aromatic carbocycles. The van der Waals surface area contributed by atoms with E-state index in [1.54, 1.807) is 16.6 Å². The Morgan fingerprint density at radius 1 is 0.720 bits per heavy atom. The molecule has 1 heteroatoms. The van der Waals surface area contributed by atoms with E-state index < -0.39 is 0 Å². The van der Waals surface area contributed by atoms with E-state index in [0.29, 0.717) is 0 Å². The van der Waals surface area contributed by atoms with Gasteiger partial charge in [0.15, 0.2) is 0 Å². The van der Waals surface area contributed by atoms with Crippen LogP contribution in [0.4, 0.5) is 0 Å². The van der Waals surface area contributed by atoms with E-state index in [4.69, 9.17) is 0 Å². The summed E-state index contributed by atoms with van der Waals surface area (Å²) in [6.07, 6.45) is 15.3. The molecule has 2 aromatic rings. The molecule has 2 fully saturated rings. The molecule has 0 spiro atoms. The van der Waals surface area contributed by atoms with Crippen molar-refractivity contribution in [1.29, 1.82) is 0 Å². The minimum absolute atomic E-state index is 0.811. The number of hydrogen-bond donors (Lipinski definition) is 0. The summed E-state index contributed by atoms with van der Waals surface area (Å²) < 4.78 is 0. The van der Waals surface area contributed by atoms with E-state index in [0.717, 1.165) is 18.3 Å². The maximum absolute atomic E-state index is 2.48. The van der Waals surface area contributed by atoms with Gasteiger partial charge in [0.1, 0.15) is 0 Å². The molecule has 2 aliphatic carbocycles. The summed E-state index contributed by atoms with van der Waals surface area (Å²) in [5.41, 5.74) is 6.56. The molecule has 130 valence electrons. The first-order chi connectivity index (χ1) is 12.4. The molecule has 1 aromatic heterocycles. The molecular formula is C24H31B. The predicted molar refractivity (Wildman–Crippen MR) is 109 cm³/mol. The molecule has 4 rings (SSSR count). The summed E-state index contributed by atoms with van der Waals surface area (Å²) >= 11 is 0. The van der Waals surface area contributed by atoms with Crippen LogP contribution in [0.2, 0.25) is 0 Å². The molecule has 0 N–H and O–H groups in total. The predicted octanol–water partition coefficient (Wildman–Crippen LogP) is 6.71. The third kappa shape index (κ3) is 4.07. The number of benzene rings is 1. The number of rotatable bonds is 4. The summed E-state index contributed by atoms with van der Waals surface area (Å²) in [5.74, 6) is 3.97. The second-order valence-corrected chi connectivity index (χ2v) is 8.25. The van der Waals surface area contributed by atoms with Crippen LogP contribution in [0.1, 0.15) is 98.2 Å². The Kier molecular flexibility index (Phi) is 5.70. The average molecular weight is 330 g/mol. The first-order valence-electron chi connectivity index (χ1n) is 10.6. The monoisotopic (exact) mass is 330 g/mol. The number of hydrogen-bond acceptors (Lipinski definition) is 0. The van der Waals surface area contributed by atoms with Gasteiger partial charge >= 0.3 is 154 Å². The van der Waals surface area contributed by atoms with Gasteiger partial charge < -0.3 is 0 Å². The minimum atomic E-state index is 0.811. The van der Waals surface area contributed by atoms with E-state index >= 15 is 0 Å². The fourth-order valence-electron chi connectivity index (χ4n) is 5.26. The van der Waals surface area contributed by atoms with Gasteiger partial charge in [-0.3, -0.25) is 0 Å². The van der Waals surface area contributed by atoms with Crippen molar-refractivity contribution in [2.45, 2.75) is 82.5 Å². The van der Waals surface area contributed by atoms with Crippen LogP contribution in [-0.2, 0) is 6.42 Å². The Balaban J connectivity index is 1.71. The van der Waals surface area contributed by atoms with Gasteiger partial charge in [-0.2, -0.15) is 0 Å². The zero-order valence-corrected chi connectivity index (χ0v) is 15.6. The van der Waals surface area contributed by atoms with Gasteiger partial charge in [0.2, 0.25) is 0 Å². The summed E-state index contributed by atoms with van der Waals surface area (Å²) in [6.45, 7) is 2.48. The molecule has 0 saturated heterocycles. The van der Waals surface area contributed by atoms with Gasteiger partial charge in [-0.15, -0.1) is 0 Å². The molecular weight excluding hydrogens is 299 g/mol. The molecule has 0 bridgehead atoms. The second-order valence-electron chi connectivity index (χ2n) is 8.25. The molecule has 0 amide bonds. The standard InChI is InChI=1S/C24H31B/c1-4-10-19(11-5-1)18-22-16-17-25-24(21-14-8-3-9-15-21)23(22)20-12-6-2-7-13-20/h1,4-5,10-11,16-17,20-21H,2-3,6-9,12-15,18H2. The Hall–Kier alpha value is -1.37.